The molecule has 0 atom stereocenters. The van der Waals surface area contributed by atoms with Crippen LogP contribution in [0.25, 0.3) is 0 Å². The quantitative estimate of drug-likeness (QED) is 0.497. The second-order valence-electron chi connectivity index (χ2n) is 3.85. The molecule has 90 valence electrons. The zero-order valence-electron chi connectivity index (χ0n) is 10.9. The fraction of sp³-hybridized carbons (Fsp3) is 0.500. The molecule has 2 nitrogen and oxygen atoms in total. The number of likely N-dealkylation sites (N-methyl/N-ethyl adjacent to an activating group) is 1. The number of hydrogen-bond donors (Lipinski definition) is 0. The summed E-state index contributed by atoms with van der Waals surface area (Å²) in [7, 11) is 0. The van der Waals surface area contributed by atoms with E-state index in [1.807, 2.05) is 44.7 Å². The molecule has 0 aliphatic carbocycles. The van der Waals surface area contributed by atoms with E-state index in [1.165, 1.54) is 0 Å². The molecule has 0 saturated heterocycles. The monoisotopic (exact) mass is 221 g/mol. The van der Waals surface area contributed by atoms with Gasteiger partial charge in [-0.1, -0.05) is 37.8 Å². The van der Waals surface area contributed by atoms with E-state index in [0.29, 0.717) is 5.57 Å². The molecule has 0 aromatic rings. The van der Waals surface area contributed by atoms with E-state index in [4.69, 9.17) is 0 Å². The van der Waals surface area contributed by atoms with Crippen molar-refractivity contribution in [2.75, 3.05) is 6.54 Å². The van der Waals surface area contributed by atoms with Gasteiger partial charge in [0.05, 0.1) is 0 Å². The Bertz CT molecular complexity index is 287. The van der Waals surface area contributed by atoms with Gasteiger partial charge in [0, 0.05) is 18.2 Å². The molecule has 0 heterocycles. The maximum absolute atomic E-state index is 12.2. The Balaban J connectivity index is 4.93. The lowest BCUT2D eigenvalue weighted by Crippen LogP contribution is -2.37. The van der Waals surface area contributed by atoms with Crippen molar-refractivity contribution in [1.29, 1.82) is 0 Å². The van der Waals surface area contributed by atoms with Crippen LogP contribution in [0.1, 0.15) is 34.1 Å². The summed E-state index contributed by atoms with van der Waals surface area (Å²) in [5, 5.41) is 0. The zero-order valence-corrected chi connectivity index (χ0v) is 10.9. The summed E-state index contributed by atoms with van der Waals surface area (Å²) in [6.45, 7) is 12.5. The molecule has 16 heavy (non-hydrogen) atoms. The average Bonchev–Trinajstić information content (AvgIpc) is 2.24. The summed E-state index contributed by atoms with van der Waals surface area (Å²) < 4.78 is 0. The van der Waals surface area contributed by atoms with Crippen molar-refractivity contribution in [1.82, 2.24) is 4.90 Å². The van der Waals surface area contributed by atoms with Crippen LogP contribution in [0.15, 0.2) is 36.5 Å². The molecule has 0 fully saturated rings. The smallest absolute Gasteiger partial charge is 0.254 e. The Hall–Kier alpha value is -1.31. The van der Waals surface area contributed by atoms with Gasteiger partial charge in [-0.05, 0) is 27.2 Å². The minimum absolute atomic E-state index is 0.0714. The number of carbonyl (C=O) groups is 1. The number of allylic oxidation sites excluding steroid dienone is 3. The number of carbonyl (C=O) groups excluding carboxylic acids is 1. The standard InChI is InChI=1S/C14H23NO/c1-6-9-11-13(10-7-2)14(16)15(8-3)12(4)5/h7,9-12H,2,6,8H2,1,3-5H3/b11-9-,13-10?. The van der Waals surface area contributed by atoms with E-state index in [0.717, 1.165) is 13.0 Å². The van der Waals surface area contributed by atoms with Crippen LogP contribution in [0.5, 0.6) is 0 Å². The highest BCUT2D eigenvalue weighted by Gasteiger charge is 2.16. The highest BCUT2D eigenvalue weighted by molar-refractivity contribution is 5.96. The van der Waals surface area contributed by atoms with E-state index in [-0.39, 0.29) is 11.9 Å². The van der Waals surface area contributed by atoms with Crippen LogP contribution < -0.4 is 0 Å². The third-order valence-electron chi connectivity index (χ3n) is 2.30. The molecular weight excluding hydrogens is 198 g/mol. The SMILES string of the molecule is C=CC=C(/C=C\CC)C(=O)N(CC)C(C)C. The predicted molar refractivity (Wildman–Crippen MR) is 70.2 cm³/mol. The predicted octanol–water partition coefficient (Wildman–Crippen LogP) is 3.32. The summed E-state index contributed by atoms with van der Waals surface area (Å²) in [5.41, 5.74) is 0.701. The van der Waals surface area contributed by atoms with Crippen LogP contribution in [0, 0.1) is 0 Å². The minimum Gasteiger partial charge on any atom is -0.337 e. The van der Waals surface area contributed by atoms with E-state index in [9.17, 15) is 4.79 Å². The van der Waals surface area contributed by atoms with Gasteiger partial charge in [-0.25, -0.2) is 0 Å². The molecule has 0 aliphatic rings. The topological polar surface area (TPSA) is 20.3 Å². The van der Waals surface area contributed by atoms with Crippen LogP contribution in [0.2, 0.25) is 0 Å². The van der Waals surface area contributed by atoms with Crippen molar-refractivity contribution in [2.45, 2.75) is 40.2 Å². The van der Waals surface area contributed by atoms with Crippen molar-refractivity contribution in [3.63, 3.8) is 0 Å². The van der Waals surface area contributed by atoms with Crippen LogP contribution >= 0.6 is 0 Å². The van der Waals surface area contributed by atoms with Crippen molar-refractivity contribution >= 4 is 5.91 Å². The van der Waals surface area contributed by atoms with Gasteiger partial charge in [-0.15, -0.1) is 0 Å². The summed E-state index contributed by atoms with van der Waals surface area (Å²) >= 11 is 0. The molecule has 1 amide bonds. The highest BCUT2D eigenvalue weighted by atomic mass is 16.2. The second kappa shape index (κ2) is 7.91. The normalized spacial score (nSPS) is 12.2. The Kier molecular flexibility index (Phi) is 7.27. The average molecular weight is 221 g/mol. The first kappa shape index (κ1) is 14.7. The lowest BCUT2D eigenvalue weighted by Gasteiger charge is -2.25. The van der Waals surface area contributed by atoms with Crippen molar-refractivity contribution in [3.05, 3.63) is 36.5 Å². The Morgan fingerprint density at radius 3 is 2.38 bits per heavy atom. The summed E-state index contributed by atoms with van der Waals surface area (Å²) in [6.07, 6.45) is 8.20. The summed E-state index contributed by atoms with van der Waals surface area (Å²) in [5.74, 6) is 0.0714. The number of rotatable bonds is 6. The highest BCUT2D eigenvalue weighted by Crippen LogP contribution is 2.08. The number of amides is 1. The van der Waals surface area contributed by atoms with Gasteiger partial charge >= 0.3 is 0 Å². The van der Waals surface area contributed by atoms with E-state index in [2.05, 4.69) is 6.58 Å². The second-order valence-corrected chi connectivity index (χ2v) is 3.85. The molecule has 0 radical (unpaired) electrons. The molecular formula is C14H23NO. The Labute approximate surface area is 99.3 Å². The van der Waals surface area contributed by atoms with Crippen LogP contribution in [-0.2, 0) is 4.79 Å². The van der Waals surface area contributed by atoms with Gasteiger partial charge in [0.25, 0.3) is 5.91 Å². The fourth-order valence-corrected chi connectivity index (χ4v) is 1.48. The first-order chi connectivity index (χ1) is 7.58. The van der Waals surface area contributed by atoms with Crippen LogP contribution in [-0.4, -0.2) is 23.4 Å². The lowest BCUT2D eigenvalue weighted by atomic mass is 10.1. The van der Waals surface area contributed by atoms with Crippen LogP contribution in [0.4, 0.5) is 0 Å². The third-order valence-corrected chi connectivity index (χ3v) is 2.30. The molecule has 2 heteroatoms. The van der Waals surface area contributed by atoms with E-state index >= 15 is 0 Å². The van der Waals surface area contributed by atoms with Crippen molar-refractivity contribution in [2.24, 2.45) is 0 Å². The molecule has 0 aliphatic heterocycles. The molecule has 0 bridgehead atoms. The molecule has 0 spiro atoms. The zero-order chi connectivity index (χ0) is 12.6. The van der Waals surface area contributed by atoms with Gasteiger partial charge in [0.2, 0.25) is 0 Å². The first-order valence-electron chi connectivity index (χ1n) is 5.88. The molecule has 0 N–H and O–H groups in total. The fourth-order valence-electron chi connectivity index (χ4n) is 1.48. The molecule has 0 unspecified atom stereocenters. The van der Waals surface area contributed by atoms with Crippen molar-refractivity contribution in [3.8, 4) is 0 Å². The number of hydrogen-bond acceptors (Lipinski definition) is 1. The number of nitrogens with zero attached hydrogens (tertiary/aromatic N) is 1. The minimum atomic E-state index is 0.0714. The van der Waals surface area contributed by atoms with Gasteiger partial charge in [0.15, 0.2) is 0 Å². The van der Waals surface area contributed by atoms with Gasteiger partial charge in [-0.3, -0.25) is 4.79 Å². The lowest BCUT2D eigenvalue weighted by molar-refractivity contribution is -0.128. The summed E-state index contributed by atoms with van der Waals surface area (Å²) in [4.78, 5) is 14.0. The summed E-state index contributed by atoms with van der Waals surface area (Å²) in [6, 6.07) is 0.223. The first-order valence-corrected chi connectivity index (χ1v) is 5.88. The molecule has 0 rings (SSSR count). The third kappa shape index (κ3) is 4.47. The Morgan fingerprint density at radius 2 is 2.00 bits per heavy atom. The van der Waals surface area contributed by atoms with Gasteiger partial charge in [-0.2, -0.15) is 0 Å². The Morgan fingerprint density at radius 1 is 1.38 bits per heavy atom. The molecule has 0 saturated carbocycles. The maximum Gasteiger partial charge on any atom is 0.254 e. The van der Waals surface area contributed by atoms with Gasteiger partial charge < -0.3 is 4.90 Å². The van der Waals surface area contributed by atoms with E-state index < -0.39 is 0 Å². The maximum atomic E-state index is 12.2. The van der Waals surface area contributed by atoms with Gasteiger partial charge in [0.1, 0.15) is 0 Å². The molecule has 0 aromatic heterocycles. The van der Waals surface area contributed by atoms with Crippen LogP contribution in [0.3, 0.4) is 0 Å². The van der Waals surface area contributed by atoms with E-state index in [1.54, 1.807) is 12.2 Å². The molecule has 0 aromatic carbocycles. The largest absolute Gasteiger partial charge is 0.337 e. The van der Waals surface area contributed by atoms with Crippen molar-refractivity contribution < 1.29 is 4.79 Å².